The average Bonchev–Trinajstić information content (AvgIpc) is 3.07. The predicted molar refractivity (Wildman–Crippen MR) is 118 cm³/mol. The molecule has 0 saturated carbocycles. The Balaban J connectivity index is 0.000000218. The molecule has 0 atom stereocenters. The highest BCUT2D eigenvalue weighted by Crippen LogP contribution is 2.16. The van der Waals surface area contributed by atoms with E-state index < -0.39 is 0 Å². The maximum absolute atomic E-state index is 11.6. The second-order valence-electron chi connectivity index (χ2n) is 7.67. The van der Waals surface area contributed by atoms with Crippen molar-refractivity contribution in [1.29, 1.82) is 0 Å². The SMILES string of the molecule is CCOC(=O)c1ccc(CCC(C)C)c(C)c1.CCc1ccc2c(C)[nH]nc2n1. The summed E-state index contributed by atoms with van der Waals surface area (Å²) in [4.78, 5) is 15.9. The smallest absolute Gasteiger partial charge is 0.338 e. The Labute approximate surface area is 173 Å². The number of rotatable bonds is 6. The van der Waals surface area contributed by atoms with E-state index in [1.165, 1.54) is 17.5 Å². The first-order valence-electron chi connectivity index (χ1n) is 10.4. The molecule has 3 rings (SSSR count). The van der Waals surface area contributed by atoms with E-state index in [1.54, 1.807) is 0 Å². The molecule has 0 aliphatic rings. The van der Waals surface area contributed by atoms with Crippen LogP contribution in [0.15, 0.2) is 30.3 Å². The van der Waals surface area contributed by atoms with Crippen LogP contribution < -0.4 is 0 Å². The van der Waals surface area contributed by atoms with Gasteiger partial charge in [0, 0.05) is 16.8 Å². The molecule has 0 bridgehead atoms. The van der Waals surface area contributed by atoms with Gasteiger partial charge in [-0.05, 0) is 81.3 Å². The van der Waals surface area contributed by atoms with Gasteiger partial charge in [-0.2, -0.15) is 5.10 Å². The number of benzene rings is 1. The number of esters is 1. The fourth-order valence-electron chi connectivity index (χ4n) is 3.02. The van der Waals surface area contributed by atoms with Crippen LogP contribution >= 0.6 is 0 Å². The van der Waals surface area contributed by atoms with Gasteiger partial charge in [-0.3, -0.25) is 5.10 Å². The van der Waals surface area contributed by atoms with Crippen LogP contribution in [0, 0.1) is 19.8 Å². The summed E-state index contributed by atoms with van der Waals surface area (Å²) in [7, 11) is 0. The van der Waals surface area contributed by atoms with Gasteiger partial charge in [0.2, 0.25) is 0 Å². The highest BCUT2D eigenvalue weighted by Gasteiger charge is 2.08. The second kappa shape index (κ2) is 10.7. The molecule has 1 N–H and O–H groups in total. The Morgan fingerprint density at radius 1 is 1.14 bits per heavy atom. The summed E-state index contributed by atoms with van der Waals surface area (Å²) >= 11 is 0. The van der Waals surface area contributed by atoms with E-state index >= 15 is 0 Å². The number of carbonyl (C=O) groups is 1. The molecular weight excluding hydrogens is 362 g/mol. The Kier molecular flexibility index (Phi) is 8.37. The van der Waals surface area contributed by atoms with Gasteiger partial charge in [-0.25, -0.2) is 9.78 Å². The van der Waals surface area contributed by atoms with E-state index in [9.17, 15) is 4.79 Å². The summed E-state index contributed by atoms with van der Waals surface area (Å²) in [6.45, 7) is 12.8. The number of hydrogen-bond acceptors (Lipinski definition) is 4. The van der Waals surface area contributed by atoms with E-state index in [4.69, 9.17) is 4.74 Å². The van der Waals surface area contributed by atoms with Crippen LogP contribution in [0.5, 0.6) is 0 Å². The number of fused-ring (bicyclic) bond motifs is 1. The lowest BCUT2D eigenvalue weighted by Crippen LogP contribution is -2.05. The van der Waals surface area contributed by atoms with Gasteiger partial charge in [-0.1, -0.05) is 26.8 Å². The first-order chi connectivity index (χ1) is 13.8. The second-order valence-corrected chi connectivity index (χ2v) is 7.67. The third kappa shape index (κ3) is 6.41. The maximum atomic E-state index is 11.6. The predicted octanol–water partition coefficient (Wildman–Crippen LogP) is 5.59. The van der Waals surface area contributed by atoms with Crippen LogP contribution in [0.3, 0.4) is 0 Å². The molecule has 0 radical (unpaired) electrons. The Bertz CT molecular complexity index is 944. The van der Waals surface area contributed by atoms with Crippen molar-refractivity contribution in [3.05, 3.63) is 58.4 Å². The van der Waals surface area contributed by atoms with Gasteiger partial charge in [0.05, 0.1) is 12.2 Å². The molecule has 2 heterocycles. The minimum Gasteiger partial charge on any atom is -0.462 e. The fourth-order valence-corrected chi connectivity index (χ4v) is 3.02. The molecule has 0 saturated heterocycles. The number of ether oxygens (including phenoxy) is 1. The molecule has 0 aliphatic heterocycles. The van der Waals surface area contributed by atoms with Crippen LogP contribution in [0.25, 0.3) is 11.0 Å². The minimum atomic E-state index is -0.231. The average molecular weight is 396 g/mol. The summed E-state index contributed by atoms with van der Waals surface area (Å²) in [5.41, 5.74) is 6.15. The summed E-state index contributed by atoms with van der Waals surface area (Å²) in [5.74, 6) is 0.477. The standard InChI is InChI=1S/C15H22O2.C9H11N3/c1-5-17-15(16)14-9-8-13(12(4)10-14)7-6-11(2)3;1-3-7-4-5-8-6(2)11-12-9(8)10-7/h8-11H,5-7H2,1-4H3;4-5H,3H2,1-2H3,(H,10,11,12). The molecule has 156 valence electrons. The topological polar surface area (TPSA) is 67.9 Å². The lowest BCUT2D eigenvalue weighted by Gasteiger charge is -2.09. The maximum Gasteiger partial charge on any atom is 0.338 e. The molecule has 29 heavy (non-hydrogen) atoms. The van der Waals surface area contributed by atoms with Crippen molar-refractivity contribution in [3.63, 3.8) is 0 Å². The summed E-state index contributed by atoms with van der Waals surface area (Å²) in [6.07, 6.45) is 3.22. The van der Waals surface area contributed by atoms with Gasteiger partial charge >= 0.3 is 5.97 Å². The van der Waals surface area contributed by atoms with Crippen LogP contribution in [-0.2, 0) is 17.6 Å². The lowest BCUT2D eigenvalue weighted by atomic mass is 9.97. The molecule has 2 aromatic heterocycles. The molecule has 0 spiro atoms. The number of aryl methyl sites for hydroxylation is 4. The van der Waals surface area contributed by atoms with E-state index in [0.29, 0.717) is 18.1 Å². The van der Waals surface area contributed by atoms with Crippen molar-refractivity contribution in [2.45, 2.75) is 60.8 Å². The summed E-state index contributed by atoms with van der Waals surface area (Å²) < 4.78 is 4.98. The summed E-state index contributed by atoms with van der Waals surface area (Å²) in [6, 6.07) is 9.95. The molecule has 0 amide bonds. The van der Waals surface area contributed by atoms with Gasteiger partial charge < -0.3 is 4.74 Å². The zero-order valence-corrected chi connectivity index (χ0v) is 18.5. The first kappa shape index (κ1) is 22.6. The number of pyridine rings is 1. The fraction of sp³-hybridized carbons (Fsp3) is 0.458. The Morgan fingerprint density at radius 2 is 1.90 bits per heavy atom. The van der Waals surface area contributed by atoms with Gasteiger partial charge in [0.25, 0.3) is 0 Å². The number of nitrogens with zero attached hydrogens (tertiary/aromatic N) is 2. The van der Waals surface area contributed by atoms with E-state index in [2.05, 4.69) is 48.9 Å². The molecule has 1 aromatic carbocycles. The van der Waals surface area contributed by atoms with Crippen molar-refractivity contribution in [2.24, 2.45) is 5.92 Å². The van der Waals surface area contributed by atoms with Gasteiger partial charge in [-0.15, -0.1) is 0 Å². The Hall–Kier alpha value is -2.69. The first-order valence-corrected chi connectivity index (χ1v) is 10.4. The normalized spacial score (nSPS) is 10.7. The van der Waals surface area contributed by atoms with E-state index in [1.807, 2.05) is 38.1 Å². The number of aromatic nitrogens is 3. The van der Waals surface area contributed by atoms with Crippen molar-refractivity contribution >= 4 is 17.0 Å². The van der Waals surface area contributed by atoms with Crippen LogP contribution in [0.2, 0.25) is 0 Å². The number of nitrogens with one attached hydrogen (secondary N) is 1. The number of hydrogen-bond donors (Lipinski definition) is 1. The summed E-state index contributed by atoms with van der Waals surface area (Å²) in [5, 5.41) is 8.12. The molecule has 0 fully saturated rings. The third-order valence-electron chi connectivity index (χ3n) is 4.87. The number of H-pyrrole nitrogens is 1. The minimum absolute atomic E-state index is 0.231. The van der Waals surface area contributed by atoms with Crippen molar-refractivity contribution in [3.8, 4) is 0 Å². The van der Waals surface area contributed by atoms with E-state index in [-0.39, 0.29) is 5.97 Å². The molecule has 5 heteroatoms. The van der Waals surface area contributed by atoms with Crippen molar-refractivity contribution < 1.29 is 9.53 Å². The highest BCUT2D eigenvalue weighted by atomic mass is 16.5. The lowest BCUT2D eigenvalue weighted by molar-refractivity contribution is 0.0526. The largest absolute Gasteiger partial charge is 0.462 e. The molecule has 0 unspecified atom stereocenters. The van der Waals surface area contributed by atoms with Crippen LogP contribution in [-0.4, -0.2) is 27.8 Å². The van der Waals surface area contributed by atoms with Crippen molar-refractivity contribution in [1.82, 2.24) is 15.2 Å². The van der Waals surface area contributed by atoms with Crippen LogP contribution in [0.4, 0.5) is 0 Å². The molecule has 3 aromatic rings. The van der Waals surface area contributed by atoms with Gasteiger partial charge in [0.1, 0.15) is 0 Å². The highest BCUT2D eigenvalue weighted by molar-refractivity contribution is 5.89. The van der Waals surface area contributed by atoms with Crippen LogP contribution in [0.1, 0.15) is 67.0 Å². The monoisotopic (exact) mass is 395 g/mol. The molecular formula is C24H33N3O2. The van der Waals surface area contributed by atoms with Gasteiger partial charge in [0.15, 0.2) is 5.65 Å². The Morgan fingerprint density at radius 3 is 2.52 bits per heavy atom. The molecule has 0 aliphatic carbocycles. The quantitative estimate of drug-likeness (QED) is 0.553. The number of carbonyl (C=O) groups excluding carboxylic acids is 1. The zero-order chi connectivity index (χ0) is 21.4. The van der Waals surface area contributed by atoms with E-state index in [0.717, 1.165) is 35.3 Å². The van der Waals surface area contributed by atoms with Crippen molar-refractivity contribution in [2.75, 3.05) is 6.61 Å². The number of aromatic amines is 1. The molecule has 5 nitrogen and oxygen atoms in total. The zero-order valence-electron chi connectivity index (χ0n) is 18.5. The third-order valence-corrected chi connectivity index (χ3v) is 4.87.